The predicted octanol–water partition coefficient (Wildman–Crippen LogP) is 2.52. The van der Waals surface area contributed by atoms with E-state index < -0.39 is 0 Å². The van der Waals surface area contributed by atoms with Gasteiger partial charge in [0.25, 0.3) is 0 Å². The van der Waals surface area contributed by atoms with Crippen LogP contribution in [0.15, 0.2) is 16.8 Å². The second-order valence-corrected chi connectivity index (χ2v) is 6.71. The Hall–Kier alpha value is -1.07. The third-order valence-electron chi connectivity index (χ3n) is 4.50. The first-order valence-corrected chi connectivity index (χ1v) is 8.48. The summed E-state index contributed by atoms with van der Waals surface area (Å²) < 4.78 is 0. The summed E-state index contributed by atoms with van der Waals surface area (Å²) in [6.45, 7) is 5.94. The van der Waals surface area contributed by atoms with Crippen LogP contribution in [0.5, 0.6) is 0 Å². The van der Waals surface area contributed by atoms with Crippen LogP contribution < -0.4 is 5.32 Å². The minimum atomic E-state index is 0.0807. The number of nitrogens with one attached hydrogen (secondary N) is 1. The topological polar surface area (TPSA) is 35.6 Å². The number of hydrogen-bond acceptors (Lipinski definition) is 3. The van der Waals surface area contributed by atoms with Gasteiger partial charge in [0, 0.05) is 31.7 Å². The van der Waals surface area contributed by atoms with E-state index in [4.69, 9.17) is 0 Å². The lowest BCUT2D eigenvalue weighted by Gasteiger charge is -2.49. The van der Waals surface area contributed by atoms with Crippen molar-refractivity contribution in [3.05, 3.63) is 22.4 Å². The van der Waals surface area contributed by atoms with Gasteiger partial charge in [-0.3, -0.25) is 4.90 Å². The van der Waals surface area contributed by atoms with Gasteiger partial charge in [0.05, 0.1) is 0 Å². The first-order valence-electron chi connectivity index (χ1n) is 7.53. The average molecular weight is 293 g/mol. The number of carbonyl (C=O) groups is 1. The monoisotopic (exact) mass is 293 g/mol. The van der Waals surface area contributed by atoms with E-state index in [1.807, 2.05) is 10.3 Å². The number of amides is 2. The zero-order chi connectivity index (χ0) is 13.9. The molecule has 110 valence electrons. The van der Waals surface area contributed by atoms with Crippen LogP contribution in [-0.2, 0) is 6.54 Å². The van der Waals surface area contributed by atoms with Crippen molar-refractivity contribution in [2.45, 2.75) is 44.8 Å². The van der Waals surface area contributed by atoms with E-state index in [0.29, 0.717) is 18.6 Å². The summed E-state index contributed by atoms with van der Waals surface area (Å²) in [5, 5.41) is 7.12. The van der Waals surface area contributed by atoms with Crippen LogP contribution in [0, 0.1) is 0 Å². The SMILES string of the molecule is C[C@H]1CCCCN1C1CN(C(=O)NCc2ccsc2)C1. The van der Waals surface area contributed by atoms with Crippen LogP contribution >= 0.6 is 11.3 Å². The molecule has 1 aromatic heterocycles. The summed E-state index contributed by atoms with van der Waals surface area (Å²) in [7, 11) is 0. The van der Waals surface area contributed by atoms with Crippen molar-refractivity contribution >= 4 is 17.4 Å². The lowest BCUT2D eigenvalue weighted by molar-refractivity contribution is 0.0169. The fraction of sp³-hybridized carbons (Fsp3) is 0.667. The third-order valence-corrected chi connectivity index (χ3v) is 5.23. The normalized spacial score (nSPS) is 24.4. The Balaban J connectivity index is 1.41. The number of thiophene rings is 1. The van der Waals surface area contributed by atoms with Crippen molar-refractivity contribution in [3.63, 3.8) is 0 Å². The minimum absolute atomic E-state index is 0.0807. The highest BCUT2D eigenvalue weighted by Crippen LogP contribution is 2.24. The molecule has 3 rings (SSSR count). The molecule has 3 heterocycles. The molecule has 0 unspecified atom stereocenters. The van der Waals surface area contributed by atoms with Crippen molar-refractivity contribution in [1.29, 1.82) is 0 Å². The summed E-state index contributed by atoms with van der Waals surface area (Å²) in [6, 6.07) is 3.40. The van der Waals surface area contributed by atoms with Gasteiger partial charge in [-0.25, -0.2) is 4.79 Å². The summed E-state index contributed by atoms with van der Waals surface area (Å²) in [4.78, 5) is 16.5. The number of piperidine rings is 1. The Morgan fingerprint density at radius 2 is 2.30 bits per heavy atom. The molecule has 1 N–H and O–H groups in total. The van der Waals surface area contributed by atoms with E-state index in [9.17, 15) is 4.79 Å². The largest absolute Gasteiger partial charge is 0.334 e. The second kappa shape index (κ2) is 6.14. The predicted molar refractivity (Wildman–Crippen MR) is 81.9 cm³/mol. The molecule has 2 saturated heterocycles. The highest BCUT2D eigenvalue weighted by atomic mass is 32.1. The number of hydrogen-bond donors (Lipinski definition) is 1. The summed E-state index contributed by atoms with van der Waals surface area (Å²) in [5.41, 5.74) is 1.19. The Kier molecular flexibility index (Phi) is 4.27. The minimum Gasteiger partial charge on any atom is -0.334 e. The molecular weight excluding hydrogens is 270 g/mol. The molecule has 0 bridgehead atoms. The molecule has 1 aromatic rings. The van der Waals surface area contributed by atoms with E-state index in [1.54, 1.807) is 11.3 Å². The fourth-order valence-corrected chi connectivity index (χ4v) is 3.85. The van der Waals surface area contributed by atoms with Gasteiger partial charge in [0.15, 0.2) is 0 Å². The van der Waals surface area contributed by atoms with Crippen LogP contribution in [0.1, 0.15) is 31.7 Å². The van der Waals surface area contributed by atoms with E-state index in [0.717, 1.165) is 13.1 Å². The van der Waals surface area contributed by atoms with Gasteiger partial charge < -0.3 is 10.2 Å². The number of carbonyl (C=O) groups excluding carboxylic acids is 1. The van der Waals surface area contributed by atoms with E-state index in [-0.39, 0.29) is 6.03 Å². The summed E-state index contributed by atoms with van der Waals surface area (Å²) >= 11 is 1.67. The summed E-state index contributed by atoms with van der Waals surface area (Å²) in [6.07, 6.45) is 3.97. The maximum atomic E-state index is 12.0. The van der Waals surface area contributed by atoms with Crippen LogP contribution in [0.2, 0.25) is 0 Å². The Morgan fingerprint density at radius 3 is 3.00 bits per heavy atom. The molecule has 5 heteroatoms. The van der Waals surface area contributed by atoms with Gasteiger partial charge in [-0.1, -0.05) is 6.42 Å². The lowest BCUT2D eigenvalue weighted by atomic mass is 9.98. The molecule has 1 atom stereocenters. The van der Waals surface area contributed by atoms with Gasteiger partial charge in [0.1, 0.15) is 0 Å². The molecule has 4 nitrogen and oxygen atoms in total. The van der Waals surface area contributed by atoms with Gasteiger partial charge in [-0.2, -0.15) is 11.3 Å². The highest BCUT2D eigenvalue weighted by molar-refractivity contribution is 7.07. The number of rotatable bonds is 3. The maximum Gasteiger partial charge on any atom is 0.317 e. The van der Waals surface area contributed by atoms with Crippen molar-refractivity contribution < 1.29 is 4.79 Å². The van der Waals surface area contributed by atoms with Crippen molar-refractivity contribution in [3.8, 4) is 0 Å². The van der Waals surface area contributed by atoms with Crippen LogP contribution in [-0.4, -0.2) is 47.5 Å². The molecule has 0 aromatic carbocycles. The number of nitrogens with zero attached hydrogens (tertiary/aromatic N) is 2. The molecule has 2 amide bonds. The molecule has 2 fully saturated rings. The van der Waals surface area contributed by atoms with E-state index in [2.05, 4.69) is 28.6 Å². The van der Waals surface area contributed by atoms with Gasteiger partial charge >= 0.3 is 6.03 Å². The van der Waals surface area contributed by atoms with Gasteiger partial charge in [-0.15, -0.1) is 0 Å². The molecule has 0 spiro atoms. The van der Waals surface area contributed by atoms with Gasteiger partial charge in [0.2, 0.25) is 0 Å². The lowest BCUT2D eigenvalue weighted by Crippen LogP contribution is -2.64. The van der Waals surface area contributed by atoms with Crippen LogP contribution in [0.25, 0.3) is 0 Å². The van der Waals surface area contributed by atoms with Crippen molar-refractivity contribution in [1.82, 2.24) is 15.1 Å². The Bertz CT molecular complexity index is 442. The fourth-order valence-electron chi connectivity index (χ4n) is 3.18. The quantitative estimate of drug-likeness (QED) is 0.929. The van der Waals surface area contributed by atoms with E-state index in [1.165, 1.54) is 31.4 Å². The molecule has 20 heavy (non-hydrogen) atoms. The molecule has 2 aliphatic rings. The van der Waals surface area contributed by atoms with Gasteiger partial charge in [-0.05, 0) is 48.7 Å². The first kappa shape index (κ1) is 13.9. The Labute approximate surface area is 124 Å². The second-order valence-electron chi connectivity index (χ2n) is 5.93. The van der Waals surface area contributed by atoms with Crippen LogP contribution in [0.3, 0.4) is 0 Å². The molecular formula is C15H23N3OS. The zero-order valence-electron chi connectivity index (χ0n) is 12.0. The standard InChI is InChI=1S/C15H23N3OS/c1-12-4-2-3-6-18(12)14-9-17(10-14)15(19)16-8-13-5-7-20-11-13/h5,7,11-12,14H,2-4,6,8-10H2,1H3,(H,16,19)/t12-/m0/s1. The highest BCUT2D eigenvalue weighted by Gasteiger charge is 2.37. The number of likely N-dealkylation sites (tertiary alicyclic amines) is 2. The summed E-state index contributed by atoms with van der Waals surface area (Å²) in [5.74, 6) is 0. The number of urea groups is 1. The van der Waals surface area contributed by atoms with Crippen molar-refractivity contribution in [2.24, 2.45) is 0 Å². The van der Waals surface area contributed by atoms with Crippen LogP contribution in [0.4, 0.5) is 4.79 Å². The smallest absolute Gasteiger partial charge is 0.317 e. The molecule has 2 aliphatic heterocycles. The van der Waals surface area contributed by atoms with Crippen molar-refractivity contribution in [2.75, 3.05) is 19.6 Å². The maximum absolute atomic E-state index is 12.0. The Morgan fingerprint density at radius 1 is 1.45 bits per heavy atom. The molecule has 0 aliphatic carbocycles. The molecule has 0 saturated carbocycles. The van der Waals surface area contributed by atoms with E-state index >= 15 is 0 Å². The zero-order valence-corrected chi connectivity index (χ0v) is 12.9. The first-order chi connectivity index (χ1) is 9.74. The molecule has 0 radical (unpaired) electrons. The average Bonchev–Trinajstić information content (AvgIpc) is 2.90. The third kappa shape index (κ3) is 2.99.